The number of ketones is 2. The maximum atomic E-state index is 12.3. The summed E-state index contributed by atoms with van der Waals surface area (Å²) < 4.78 is 7.96. The van der Waals surface area contributed by atoms with Crippen LogP contribution in [0.15, 0.2) is 6.20 Å². The molecule has 2 unspecified atom stereocenters. The predicted molar refractivity (Wildman–Crippen MR) is 167 cm³/mol. The minimum atomic E-state index is -0.517. The highest BCUT2D eigenvalue weighted by Gasteiger charge is 2.28. The van der Waals surface area contributed by atoms with E-state index >= 15 is 0 Å². The first kappa shape index (κ1) is 38.3. The van der Waals surface area contributed by atoms with Crippen LogP contribution in [0.5, 0.6) is 0 Å². The number of aromatic nitrogens is 3. The van der Waals surface area contributed by atoms with Crippen molar-refractivity contribution in [3.63, 3.8) is 0 Å². The average Bonchev–Trinajstić information content (AvgIpc) is 3.43. The number of ether oxygens (including phenoxy) is 1. The van der Waals surface area contributed by atoms with Crippen molar-refractivity contribution in [3.8, 4) is 0 Å². The fourth-order valence-corrected chi connectivity index (χ4v) is 4.26. The predicted octanol–water partition coefficient (Wildman–Crippen LogP) is 2.56. The van der Waals surface area contributed by atoms with Gasteiger partial charge in [-0.1, -0.05) is 19.1 Å². The lowest BCUT2D eigenvalue weighted by atomic mass is 9.98. The molecule has 0 aromatic carbocycles. The average molecular weight is 608 g/mol. The number of hydrogen-bond acceptors (Lipinski definition) is 9. The highest BCUT2D eigenvalue weighted by atomic mass is 16.5. The van der Waals surface area contributed by atoms with E-state index in [1.807, 2.05) is 47.7 Å². The van der Waals surface area contributed by atoms with Crippen LogP contribution in [0, 0.1) is 5.92 Å². The van der Waals surface area contributed by atoms with E-state index in [2.05, 4.69) is 20.9 Å². The molecule has 0 saturated carbocycles. The van der Waals surface area contributed by atoms with Crippen molar-refractivity contribution in [1.29, 1.82) is 0 Å². The Balaban J connectivity index is 2.33. The highest BCUT2D eigenvalue weighted by molar-refractivity contribution is 5.85. The van der Waals surface area contributed by atoms with Gasteiger partial charge in [0.1, 0.15) is 5.78 Å². The topological polar surface area (TPSA) is 184 Å². The normalized spacial score (nSPS) is 13.5. The van der Waals surface area contributed by atoms with Crippen LogP contribution in [-0.2, 0) is 35.9 Å². The van der Waals surface area contributed by atoms with Crippen LogP contribution in [0.1, 0.15) is 112 Å². The quantitative estimate of drug-likeness (QED) is 0.136. The van der Waals surface area contributed by atoms with Crippen LogP contribution in [0.2, 0.25) is 0 Å². The number of Topliss-reactive ketones (excluding diaryl/α,β-unsaturated/α-hetero) is 2. The van der Waals surface area contributed by atoms with Crippen LogP contribution in [0.3, 0.4) is 0 Å². The lowest BCUT2D eigenvalue weighted by molar-refractivity contribution is -0.124. The second-order valence-electron chi connectivity index (χ2n) is 13.1. The number of aryl methyl sites for hydroxylation is 1. The fraction of sp³-hybridized carbons (Fsp3) is 0.806. The molecule has 0 aliphatic carbocycles. The van der Waals surface area contributed by atoms with Gasteiger partial charge in [0, 0.05) is 44.5 Å². The van der Waals surface area contributed by atoms with Crippen molar-refractivity contribution >= 4 is 23.4 Å². The molecular formula is C31H57N7O5. The van der Waals surface area contributed by atoms with Gasteiger partial charge in [-0.25, -0.2) is 4.68 Å². The molecule has 0 aliphatic rings. The van der Waals surface area contributed by atoms with Crippen molar-refractivity contribution < 1.29 is 23.9 Å². The number of carbonyl (C=O) groups excluding carboxylic acids is 4. The van der Waals surface area contributed by atoms with E-state index in [9.17, 15) is 19.2 Å². The van der Waals surface area contributed by atoms with E-state index in [0.717, 1.165) is 31.4 Å². The summed E-state index contributed by atoms with van der Waals surface area (Å²) in [5, 5.41) is 14.3. The highest BCUT2D eigenvalue weighted by Crippen LogP contribution is 2.22. The summed E-state index contributed by atoms with van der Waals surface area (Å²) in [7, 11) is 0. The Morgan fingerprint density at radius 3 is 2.02 bits per heavy atom. The van der Waals surface area contributed by atoms with Crippen LogP contribution in [0.25, 0.3) is 0 Å². The van der Waals surface area contributed by atoms with E-state index in [1.54, 1.807) is 4.68 Å². The Bertz CT molecular complexity index is 1020. The van der Waals surface area contributed by atoms with Gasteiger partial charge in [0.05, 0.1) is 35.5 Å². The number of unbranched alkanes of at least 4 members (excludes halogenated alkanes) is 2. The largest absolute Gasteiger partial charge is 0.373 e. The van der Waals surface area contributed by atoms with Crippen LogP contribution in [-0.4, -0.2) is 75.8 Å². The van der Waals surface area contributed by atoms with Gasteiger partial charge in [0.15, 0.2) is 5.78 Å². The fourth-order valence-electron chi connectivity index (χ4n) is 4.26. The third kappa shape index (κ3) is 16.1. The molecule has 0 bridgehead atoms. The maximum absolute atomic E-state index is 12.3. The molecule has 1 aromatic heterocycles. The molecule has 0 spiro atoms. The lowest BCUT2D eigenvalue weighted by Gasteiger charge is -2.31. The molecule has 0 radical (unpaired) electrons. The zero-order chi connectivity index (χ0) is 32.6. The summed E-state index contributed by atoms with van der Waals surface area (Å²) in [6.45, 7) is 14.6. The third-order valence-electron chi connectivity index (χ3n) is 7.52. The summed E-state index contributed by atoms with van der Waals surface area (Å²) in [5.41, 5.74) is 11.4. The summed E-state index contributed by atoms with van der Waals surface area (Å²) in [6, 6.07) is -0.854. The van der Waals surface area contributed by atoms with E-state index in [0.29, 0.717) is 58.2 Å². The Labute approximate surface area is 257 Å². The molecule has 1 rings (SSSR count). The molecule has 43 heavy (non-hydrogen) atoms. The summed E-state index contributed by atoms with van der Waals surface area (Å²) in [5.74, 6) is -0.0755. The molecular weight excluding hydrogens is 550 g/mol. The standard InChI is InChI=1S/C31H57N7O5/c1-22(2)29(42)26(33)13-9-11-19-35-28(41)16-17-31(6,7)43-21-30(4,5)38-20-24(36-37-38)14-15-27(40)34-18-10-8-12-25(32)23(3)39/h20,22,25-26H,8-19,21,32-33H2,1-7H3,(H,34,40)(H,35,41). The van der Waals surface area contributed by atoms with Gasteiger partial charge in [-0.3, -0.25) is 19.2 Å². The van der Waals surface area contributed by atoms with Crippen LogP contribution >= 0.6 is 0 Å². The molecule has 2 atom stereocenters. The van der Waals surface area contributed by atoms with Crippen LogP contribution < -0.4 is 22.1 Å². The first-order chi connectivity index (χ1) is 20.0. The number of amides is 2. The smallest absolute Gasteiger partial charge is 0.220 e. The number of nitrogens with one attached hydrogen (secondary N) is 2. The van der Waals surface area contributed by atoms with Gasteiger partial charge in [0.25, 0.3) is 0 Å². The third-order valence-corrected chi connectivity index (χ3v) is 7.52. The molecule has 1 heterocycles. The molecule has 12 heteroatoms. The number of carbonyl (C=O) groups is 4. The number of rotatable bonds is 23. The Hall–Kier alpha value is -2.70. The lowest BCUT2D eigenvalue weighted by Crippen LogP contribution is -2.38. The monoisotopic (exact) mass is 607 g/mol. The van der Waals surface area contributed by atoms with E-state index in [1.165, 1.54) is 6.92 Å². The molecule has 0 aliphatic heterocycles. The minimum Gasteiger partial charge on any atom is -0.373 e. The number of nitrogens with zero attached hydrogens (tertiary/aromatic N) is 3. The zero-order valence-corrected chi connectivity index (χ0v) is 27.5. The zero-order valence-electron chi connectivity index (χ0n) is 27.5. The van der Waals surface area contributed by atoms with Crippen LogP contribution in [0.4, 0.5) is 0 Å². The van der Waals surface area contributed by atoms with Crippen molar-refractivity contribution in [2.45, 2.75) is 136 Å². The molecule has 1 aromatic rings. The first-order valence-electron chi connectivity index (χ1n) is 15.7. The maximum Gasteiger partial charge on any atom is 0.220 e. The summed E-state index contributed by atoms with van der Waals surface area (Å²) in [4.78, 5) is 47.6. The summed E-state index contributed by atoms with van der Waals surface area (Å²) in [6.07, 6.45) is 7.92. The Morgan fingerprint density at radius 1 is 0.907 bits per heavy atom. The Morgan fingerprint density at radius 2 is 1.47 bits per heavy atom. The second-order valence-corrected chi connectivity index (χ2v) is 13.1. The van der Waals surface area contributed by atoms with Gasteiger partial charge in [-0.15, -0.1) is 5.10 Å². The SMILES string of the molecule is CC(=O)C(N)CCCCNC(=O)CCc1cn(C(C)(C)COC(C)(C)CCC(=O)NCCCCC(N)C(=O)C(C)C)nn1. The second kappa shape index (κ2) is 18.9. The van der Waals surface area contributed by atoms with E-state index < -0.39 is 23.2 Å². The van der Waals surface area contributed by atoms with Gasteiger partial charge in [0.2, 0.25) is 11.8 Å². The molecule has 0 saturated heterocycles. The molecule has 246 valence electrons. The van der Waals surface area contributed by atoms with Gasteiger partial charge in [-0.2, -0.15) is 0 Å². The van der Waals surface area contributed by atoms with Gasteiger partial charge < -0.3 is 26.8 Å². The number of hydrogen-bond donors (Lipinski definition) is 4. The molecule has 12 nitrogen and oxygen atoms in total. The Kier molecular flexibility index (Phi) is 16.8. The van der Waals surface area contributed by atoms with Crippen molar-refractivity contribution in [2.75, 3.05) is 19.7 Å². The van der Waals surface area contributed by atoms with Crippen molar-refractivity contribution in [1.82, 2.24) is 25.6 Å². The van der Waals surface area contributed by atoms with E-state index in [4.69, 9.17) is 16.2 Å². The molecule has 6 N–H and O–H groups in total. The van der Waals surface area contributed by atoms with Crippen molar-refractivity contribution in [2.24, 2.45) is 17.4 Å². The van der Waals surface area contributed by atoms with Gasteiger partial charge in [-0.05, 0) is 79.6 Å². The minimum absolute atomic E-state index is 0.0158. The first-order valence-corrected chi connectivity index (χ1v) is 15.7. The van der Waals surface area contributed by atoms with E-state index in [-0.39, 0.29) is 29.3 Å². The summed E-state index contributed by atoms with van der Waals surface area (Å²) >= 11 is 0. The molecule has 0 fully saturated rings. The molecule has 2 amide bonds. The van der Waals surface area contributed by atoms with Gasteiger partial charge >= 0.3 is 0 Å². The number of nitrogens with two attached hydrogens (primary N) is 2. The van der Waals surface area contributed by atoms with Crippen molar-refractivity contribution in [3.05, 3.63) is 11.9 Å².